The van der Waals surface area contributed by atoms with Crippen LogP contribution in [0.1, 0.15) is 12.7 Å². The van der Waals surface area contributed by atoms with E-state index in [9.17, 15) is 0 Å². The Morgan fingerprint density at radius 2 is 1.80 bits per heavy atom. The molecule has 20 heavy (non-hydrogen) atoms. The molecule has 0 aliphatic heterocycles. The highest BCUT2D eigenvalue weighted by atomic mass is 16.4. The molecule has 98 valence electrons. The minimum atomic E-state index is 0.643. The number of hydrogen-bond donors (Lipinski definition) is 0. The van der Waals surface area contributed by atoms with Gasteiger partial charge in [-0.05, 0) is 24.3 Å². The van der Waals surface area contributed by atoms with Crippen molar-refractivity contribution in [2.75, 3.05) is 0 Å². The Kier molecular flexibility index (Phi) is 2.39. The number of para-hydroxylation sites is 1. The summed E-state index contributed by atoms with van der Waals surface area (Å²) in [5.41, 5.74) is 2.71. The molecule has 3 nitrogen and oxygen atoms in total. The lowest BCUT2D eigenvalue weighted by molar-refractivity contribution is 0.524. The monoisotopic (exact) mass is 263 g/mol. The lowest BCUT2D eigenvalue weighted by Crippen LogP contribution is -1.76. The van der Waals surface area contributed by atoms with Gasteiger partial charge >= 0.3 is 0 Å². The van der Waals surface area contributed by atoms with E-state index in [1.165, 1.54) is 0 Å². The number of oxazole rings is 1. The third kappa shape index (κ3) is 1.63. The molecule has 0 atom stereocenters. The molecule has 4 rings (SSSR count). The normalized spacial score (nSPS) is 11.4. The van der Waals surface area contributed by atoms with Gasteiger partial charge in [0.2, 0.25) is 5.89 Å². The highest BCUT2D eigenvalue weighted by molar-refractivity contribution is 6.05. The Morgan fingerprint density at radius 3 is 2.65 bits per heavy atom. The second kappa shape index (κ2) is 4.23. The molecule has 0 N–H and O–H groups in total. The predicted molar refractivity (Wildman–Crippen MR) is 78.6 cm³/mol. The van der Waals surface area contributed by atoms with Crippen LogP contribution in [0.4, 0.5) is 0 Å². The summed E-state index contributed by atoms with van der Waals surface area (Å²) in [7, 11) is 0. The molecular weight excluding hydrogens is 250 g/mol. The van der Waals surface area contributed by atoms with Crippen molar-refractivity contribution in [2.45, 2.75) is 13.3 Å². The average Bonchev–Trinajstić information content (AvgIpc) is 3.10. The van der Waals surface area contributed by atoms with E-state index in [0.29, 0.717) is 5.89 Å². The van der Waals surface area contributed by atoms with Gasteiger partial charge in [0.1, 0.15) is 16.9 Å². The van der Waals surface area contributed by atoms with Crippen LogP contribution in [0.2, 0.25) is 0 Å². The van der Waals surface area contributed by atoms with E-state index in [0.717, 1.165) is 39.7 Å². The second-order valence-corrected chi connectivity index (χ2v) is 4.79. The number of rotatable bonds is 2. The molecule has 2 aromatic heterocycles. The molecule has 0 aliphatic carbocycles. The molecule has 0 unspecified atom stereocenters. The molecule has 0 saturated carbocycles. The zero-order valence-corrected chi connectivity index (χ0v) is 11.1. The van der Waals surface area contributed by atoms with Crippen molar-refractivity contribution in [3.8, 4) is 11.5 Å². The molecule has 3 heteroatoms. The van der Waals surface area contributed by atoms with Crippen molar-refractivity contribution in [3.05, 3.63) is 54.4 Å². The first-order chi connectivity index (χ1) is 9.85. The Hall–Kier alpha value is -2.55. The van der Waals surface area contributed by atoms with E-state index in [1.54, 1.807) is 6.20 Å². The Morgan fingerprint density at radius 1 is 0.950 bits per heavy atom. The van der Waals surface area contributed by atoms with E-state index >= 15 is 0 Å². The van der Waals surface area contributed by atoms with Crippen molar-refractivity contribution in [2.24, 2.45) is 0 Å². The lowest BCUT2D eigenvalue weighted by atomic mass is 10.1. The van der Waals surface area contributed by atoms with Crippen LogP contribution in [0.5, 0.6) is 0 Å². The maximum Gasteiger partial charge on any atom is 0.226 e. The standard InChI is InChI=1S/C17H13NO2/c1-2-12-10-18-17(19-12)11-7-8-14-13-5-3-4-6-15(13)20-16(14)9-11/h3-10H,2H2,1H3. The number of benzene rings is 2. The fraction of sp³-hybridized carbons (Fsp3) is 0.118. The SMILES string of the molecule is CCc1cnc(-c2ccc3c(c2)oc2ccccc23)o1. The number of hydrogen-bond acceptors (Lipinski definition) is 3. The first-order valence-electron chi connectivity index (χ1n) is 6.71. The van der Waals surface area contributed by atoms with Crippen LogP contribution in [0.25, 0.3) is 33.4 Å². The zero-order valence-electron chi connectivity index (χ0n) is 11.1. The summed E-state index contributed by atoms with van der Waals surface area (Å²) in [5, 5.41) is 2.25. The number of furan rings is 1. The van der Waals surface area contributed by atoms with Crippen molar-refractivity contribution < 1.29 is 8.83 Å². The van der Waals surface area contributed by atoms with Gasteiger partial charge in [0.15, 0.2) is 0 Å². The van der Waals surface area contributed by atoms with Gasteiger partial charge in [-0.3, -0.25) is 0 Å². The fourth-order valence-electron chi connectivity index (χ4n) is 2.46. The molecule has 0 fully saturated rings. The van der Waals surface area contributed by atoms with E-state index in [4.69, 9.17) is 8.83 Å². The summed E-state index contributed by atoms with van der Waals surface area (Å²) < 4.78 is 11.6. The summed E-state index contributed by atoms with van der Waals surface area (Å²) in [6.45, 7) is 2.05. The van der Waals surface area contributed by atoms with Crippen LogP contribution in [-0.2, 0) is 6.42 Å². The van der Waals surface area contributed by atoms with Crippen LogP contribution >= 0.6 is 0 Å². The summed E-state index contributed by atoms with van der Waals surface area (Å²) >= 11 is 0. The molecule has 2 aromatic carbocycles. The van der Waals surface area contributed by atoms with Gasteiger partial charge in [0.25, 0.3) is 0 Å². The predicted octanol–water partition coefficient (Wildman–Crippen LogP) is 4.80. The van der Waals surface area contributed by atoms with Crippen molar-refractivity contribution >= 4 is 21.9 Å². The fourth-order valence-corrected chi connectivity index (χ4v) is 2.46. The van der Waals surface area contributed by atoms with Gasteiger partial charge in [-0.1, -0.05) is 25.1 Å². The molecule has 0 aliphatic rings. The molecule has 0 bridgehead atoms. The minimum absolute atomic E-state index is 0.643. The Balaban J connectivity index is 1.92. The summed E-state index contributed by atoms with van der Waals surface area (Å²) in [6, 6.07) is 14.1. The molecule has 0 spiro atoms. The number of aryl methyl sites for hydroxylation is 1. The number of aromatic nitrogens is 1. The third-order valence-electron chi connectivity index (χ3n) is 3.53. The molecule has 0 amide bonds. The number of fused-ring (bicyclic) bond motifs is 3. The van der Waals surface area contributed by atoms with Crippen LogP contribution < -0.4 is 0 Å². The van der Waals surface area contributed by atoms with Gasteiger partial charge in [0, 0.05) is 22.8 Å². The summed E-state index contributed by atoms with van der Waals surface area (Å²) in [6.07, 6.45) is 2.62. The van der Waals surface area contributed by atoms with Crippen LogP contribution in [0, 0.1) is 0 Å². The van der Waals surface area contributed by atoms with Crippen LogP contribution in [0.15, 0.2) is 57.5 Å². The highest BCUT2D eigenvalue weighted by Crippen LogP contribution is 2.31. The van der Waals surface area contributed by atoms with Crippen LogP contribution in [0.3, 0.4) is 0 Å². The van der Waals surface area contributed by atoms with Gasteiger partial charge in [-0.2, -0.15) is 0 Å². The highest BCUT2D eigenvalue weighted by Gasteiger charge is 2.10. The third-order valence-corrected chi connectivity index (χ3v) is 3.53. The van der Waals surface area contributed by atoms with Crippen molar-refractivity contribution in [1.29, 1.82) is 0 Å². The van der Waals surface area contributed by atoms with Crippen molar-refractivity contribution in [1.82, 2.24) is 4.98 Å². The quantitative estimate of drug-likeness (QED) is 0.521. The minimum Gasteiger partial charge on any atom is -0.456 e. The molecule has 4 aromatic rings. The maximum atomic E-state index is 5.88. The van der Waals surface area contributed by atoms with Crippen molar-refractivity contribution in [3.63, 3.8) is 0 Å². The van der Waals surface area contributed by atoms with Gasteiger partial charge < -0.3 is 8.83 Å². The summed E-state index contributed by atoms with van der Waals surface area (Å²) in [5.74, 6) is 1.54. The Labute approximate surface area is 115 Å². The Bertz CT molecular complexity index is 902. The van der Waals surface area contributed by atoms with E-state index in [2.05, 4.69) is 17.1 Å². The second-order valence-electron chi connectivity index (χ2n) is 4.79. The van der Waals surface area contributed by atoms with Gasteiger partial charge in [0.05, 0.1) is 6.20 Å². The first kappa shape index (κ1) is 11.3. The molecule has 2 heterocycles. The van der Waals surface area contributed by atoms with Gasteiger partial charge in [-0.25, -0.2) is 4.98 Å². The number of nitrogens with zero attached hydrogens (tertiary/aromatic N) is 1. The zero-order chi connectivity index (χ0) is 13.5. The summed E-state index contributed by atoms with van der Waals surface area (Å²) in [4.78, 5) is 4.31. The first-order valence-corrected chi connectivity index (χ1v) is 6.71. The lowest BCUT2D eigenvalue weighted by Gasteiger charge is -1.95. The van der Waals surface area contributed by atoms with E-state index < -0.39 is 0 Å². The van der Waals surface area contributed by atoms with Crippen LogP contribution in [-0.4, -0.2) is 4.98 Å². The smallest absolute Gasteiger partial charge is 0.226 e. The topological polar surface area (TPSA) is 39.2 Å². The largest absolute Gasteiger partial charge is 0.456 e. The van der Waals surface area contributed by atoms with Gasteiger partial charge in [-0.15, -0.1) is 0 Å². The molecular formula is C17H13NO2. The molecule has 0 saturated heterocycles. The molecule has 0 radical (unpaired) electrons. The average molecular weight is 263 g/mol. The van der Waals surface area contributed by atoms with E-state index in [1.807, 2.05) is 37.3 Å². The maximum absolute atomic E-state index is 5.88. The van der Waals surface area contributed by atoms with E-state index in [-0.39, 0.29) is 0 Å².